The molecule has 6 heteroatoms. The van der Waals surface area contributed by atoms with Gasteiger partial charge in [0.05, 0.1) is 6.20 Å². The summed E-state index contributed by atoms with van der Waals surface area (Å²) >= 11 is 5.77. The predicted molar refractivity (Wildman–Crippen MR) is 65.5 cm³/mol. The molecule has 0 aliphatic rings. The maximum absolute atomic E-state index is 12.8. The molecule has 0 radical (unpaired) electrons. The van der Waals surface area contributed by atoms with Gasteiger partial charge in [-0.25, -0.2) is 9.37 Å². The number of aromatic nitrogens is 1. The van der Waals surface area contributed by atoms with Crippen LogP contribution >= 0.6 is 36.4 Å². The fourth-order valence-corrected chi connectivity index (χ4v) is 1.37. The molecule has 1 unspecified atom stereocenters. The largest absolute Gasteiger partial charge is 0.312 e. The van der Waals surface area contributed by atoms with Crippen LogP contribution in [0.25, 0.3) is 0 Å². The Labute approximate surface area is 106 Å². The molecule has 0 spiro atoms. The van der Waals surface area contributed by atoms with Crippen LogP contribution < -0.4 is 0 Å². The first-order valence-corrected chi connectivity index (χ1v) is 4.38. The Morgan fingerprint density at radius 3 is 2.67 bits per heavy atom. The molecule has 2 nitrogen and oxygen atoms in total. The summed E-state index contributed by atoms with van der Waals surface area (Å²) in [4.78, 5) is 3.68. The summed E-state index contributed by atoms with van der Waals surface area (Å²) in [5.41, 5.74) is 0.583. The van der Waals surface area contributed by atoms with E-state index in [1.165, 1.54) is 12.3 Å². The van der Waals surface area contributed by atoms with Crippen LogP contribution in [-0.2, 0) is 0 Å². The lowest BCUT2D eigenvalue weighted by Crippen LogP contribution is -2.01. The molecule has 0 saturated heterocycles. The second kappa shape index (κ2) is 7.85. The van der Waals surface area contributed by atoms with Gasteiger partial charge in [-0.1, -0.05) is 18.5 Å². The summed E-state index contributed by atoms with van der Waals surface area (Å²) in [6.07, 6.45) is 3.04. The molecule has 0 saturated carbocycles. The average molecular weight is 274 g/mol. The van der Waals surface area contributed by atoms with Crippen LogP contribution in [-0.4, -0.2) is 11.2 Å². The van der Waals surface area contributed by atoms with E-state index in [-0.39, 0.29) is 35.9 Å². The van der Waals surface area contributed by atoms with Crippen molar-refractivity contribution in [2.24, 2.45) is 0 Å². The van der Waals surface area contributed by atoms with Crippen molar-refractivity contribution in [2.75, 3.05) is 0 Å². The highest BCUT2D eigenvalue weighted by Crippen LogP contribution is 2.24. The Bertz CT molecular complexity index is 320. The zero-order valence-electron chi connectivity index (χ0n) is 8.04. The van der Waals surface area contributed by atoms with Crippen molar-refractivity contribution in [1.29, 1.82) is 5.41 Å². The quantitative estimate of drug-likeness (QED) is 0.659. The molecule has 0 fully saturated rings. The van der Waals surface area contributed by atoms with E-state index in [9.17, 15) is 4.39 Å². The van der Waals surface area contributed by atoms with Crippen molar-refractivity contribution in [3.05, 3.63) is 28.8 Å². The van der Waals surface area contributed by atoms with Crippen molar-refractivity contribution < 1.29 is 4.39 Å². The first-order valence-electron chi connectivity index (χ1n) is 4.00. The summed E-state index contributed by atoms with van der Waals surface area (Å²) in [5.74, 6) is -0.560. The minimum Gasteiger partial charge on any atom is -0.312 e. The molecule has 86 valence electrons. The lowest BCUT2D eigenvalue weighted by Gasteiger charge is -2.09. The van der Waals surface area contributed by atoms with Gasteiger partial charge in [0.2, 0.25) is 0 Å². The molecule has 1 aromatic heterocycles. The van der Waals surface area contributed by atoms with Gasteiger partial charge in [-0.2, -0.15) is 0 Å². The zero-order chi connectivity index (χ0) is 9.84. The number of nitrogens with zero attached hydrogens (tertiary/aromatic N) is 1. The summed E-state index contributed by atoms with van der Waals surface area (Å²) in [6, 6.07) is 1.33. The number of nitrogens with one attached hydrogen (secondary N) is 1. The lowest BCUT2D eigenvalue weighted by molar-refractivity contribution is 0.617. The van der Waals surface area contributed by atoms with Crippen LogP contribution in [0.2, 0.25) is 5.15 Å². The Kier molecular flexibility index (Phi) is 8.92. The molecule has 0 bridgehead atoms. The van der Waals surface area contributed by atoms with Crippen LogP contribution in [0.3, 0.4) is 0 Å². The highest BCUT2D eigenvalue weighted by molar-refractivity contribution is 6.30. The van der Waals surface area contributed by atoms with Gasteiger partial charge in [0.15, 0.2) is 0 Å². The van der Waals surface area contributed by atoms with E-state index in [0.717, 1.165) is 6.20 Å². The summed E-state index contributed by atoms with van der Waals surface area (Å²) < 4.78 is 12.8. The van der Waals surface area contributed by atoms with E-state index in [1.807, 2.05) is 6.92 Å². The smallest absolute Gasteiger partial charge is 0.141 e. The molecule has 1 heterocycles. The van der Waals surface area contributed by atoms with E-state index < -0.39 is 5.82 Å². The van der Waals surface area contributed by atoms with Gasteiger partial charge >= 0.3 is 0 Å². The number of pyridine rings is 1. The average Bonchev–Trinajstić information content (AvgIpc) is 2.13. The maximum atomic E-state index is 12.8. The topological polar surface area (TPSA) is 36.7 Å². The third-order valence-corrected chi connectivity index (χ3v) is 2.19. The molecule has 0 aromatic carbocycles. The van der Waals surface area contributed by atoms with E-state index in [2.05, 4.69) is 4.98 Å². The molecule has 0 amide bonds. The second-order valence-electron chi connectivity index (χ2n) is 2.71. The Balaban J connectivity index is 0. The third-order valence-electron chi connectivity index (χ3n) is 1.87. The van der Waals surface area contributed by atoms with Gasteiger partial charge in [0.25, 0.3) is 0 Å². The van der Waals surface area contributed by atoms with Crippen molar-refractivity contribution >= 4 is 42.6 Å². The number of hydrogen-bond donors (Lipinski definition) is 1. The second-order valence-corrected chi connectivity index (χ2v) is 3.07. The van der Waals surface area contributed by atoms with Crippen LogP contribution in [0.4, 0.5) is 4.39 Å². The summed E-state index contributed by atoms with van der Waals surface area (Å²) in [7, 11) is 0. The van der Waals surface area contributed by atoms with Crippen LogP contribution in [0.15, 0.2) is 12.3 Å². The lowest BCUT2D eigenvalue weighted by atomic mass is 10.00. The van der Waals surface area contributed by atoms with Gasteiger partial charge in [0.1, 0.15) is 11.0 Å². The minimum atomic E-state index is -0.417. The Morgan fingerprint density at radius 2 is 2.20 bits per heavy atom. The van der Waals surface area contributed by atoms with E-state index in [0.29, 0.717) is 12.0 Å². The SMILES string of the molecule is CCC(C=N)c1cc(F)cnc1Cl.Cl.Cl. The van der Waals surface area contributed by atoms with Gasteiger partial charge in [0, 0.05) is 17.7 Å². The Morgan fingerprint density at radius 1 is 1.60 bits per heavy atom. The molecule has 1 N–H and O–H groups in total. The van der Waals surface area contributed by atoms with Gasteiger partial charge in [-0.3, -0.25) is 0 Å². The van der Waals surface area contributed by atoms with E-state index in [4.69, 9.17) is 17.0 Å². The van der Waals surface area contributed by atoms with E-state index >= 15 is 0 Å². The predicted octanol–water partition coefficient (Wildman–Crippen LogP) is 3.86. The minimum absolute atomic E-state index is 0. The molecular weight excluding hydrogens is 261 g/mol. The zero-order valence-corrected chi connectivity index (χ0v) is 10.4. The normalized spacial score (nSPS) is 10.9. The molecule has 1 atom stereocenters. The summed E-state index contributed by atoms with van der Waals surface area (Å²) in [6.45, 7) is 1.91. The molecule has 1 rings (SSSR count). The third kappa shape index (κ3) is 4.33. The first kappa shape index (κ1) is 17.0. The fourth-order valence-electron chi connectivity index (χ4n) is 1.13. The fraction of sp³-hybridized carbons (Fsp3) is 0.333. The summed E-state index contributed by atoms with van der Waals surface area (Å²) in [5, 5.41) is 7.41. The van der Waals surface area contributed by atoms with Crippen LogP contribution in [0.5, 0.6) is 0 Å². The monoisotopic (exact) mass is 272 g/mol. The molecule has 0 aliphatic carbocycles. The molecule has 0 aliphatic heterocycles. The molecule has 15 heavy (non-hydrogen) atoms. The van der Waals surface area contributed by atoms with Gasteiger partial charge < -0.3 is 5.41 Å². The number of hydrogen-bond acceptors (Lipinski definition) is 2. The van der Waals surface area contributed by atoms with Crippen molar-refractivity contribution in [3.63, 3.8) is 0 Å². The highest BCUT2D eigenvalue weighted by atomic mass is 35.5. The number of rotatable bonds is 3. The first-order chi connectivity index (χ1) is 6.19. The standard InChI is InChI=1S/C9H10ClFN2.2ClH/c1-2-6(4-12)8-3-7(11)5-13-9(8)10;;/h3-6,12H,2H2,1H3;2*1H. The number of halogens is 4. The van der Waals surface area contributed by atoms with Crippen molar-refractivity contribution in [3.8, 4) is 0 Å². The molecular formula is C9H12Cl3FN2. The van der Waals surface area contributed by atoms with Crippen molar-refractivity contribution in [1.82, 2.24) is 4.98 Å². The van der Waals surface area contributed by atoms with Crippen LogP contribution in [0.1, 0.15) is 24.8 Å². The highest BCUT2D eigenvalue weighted by Gasteiger charge is 2.11. The Hall–Kier alpha value is -0.380. The molecule has 1 aromatic rings. The van der Waals surface area contributed by atoms with Crippen molar-refractivity contribution in [2.45, 2.75) is 19.3 Å². The van der Waals surface area contributed by atoms with Crippen LogP contribution in [0, 0.1) is 11.2 Å². The van der Waals surface area contributed by atoms with Gasteiger partial charge in [-0.05, 0) is 12.5 Å². The van der Waals surface area contributed by atoms with E-state index in [1.54, 1.807) is 0 Å². The van der Waals surface area contributed by atoms with Gasteiger partial charge in [-0.15, -0.1) is 24.8 Å². The maximum Gasteiger partial charge on any atom is 0.141 e.